The number of halogens is 1. The first-order chi connectivity index (χ1) is 17.3. The zero-order valence-electron chi connectivity index (χ0n) is 19.6. The molecule has 0 saturated carbocycles. The molecular weight excluding hydrogens is 484 g/mol. The van der Waals surface area contributed by atoms with Crippen LogP contribution >= 0.6 is 11.6 Å². The first kappa shape index (κ1) is 24.1. The Hall–Kier alpha value is -3.65. The summed E-state index contributed by atoms with van der Waals surface area (Å²) in [5, 5.41) is 30.9. The number of ether oxygens (including phenoxy) is 1. The first-order valence-electron chi connectivity index (χ1n) is 11.6. The van der Waals surface area contributed by atoms with Gasteiger partial charge in [0.05, 0.1) is 42.3 Å². The van der Waals surface area contributed by atoms with Gasteiger partial charge < -0.3 is 20.1 Å². The number of benzene rings is 2. The third-order valence-electron chi connectivity index (χ3n) is 6.73. The van der Waals surface area contributed by atoms with Crippen molar-refractivity contribution >= 4 is 34.4 Å². The average Bonchev–Trinajstić information content (AvgIpc) is 3.25. The molecule has 3 atom stereocenters. The molecule has 0 aliphatic carbocycles. The maximum atomic E-state index is 13.0. The van der Waals surface area contributed by atoms with Gasteiger partial charge >= 0.3 is 5.97 Å². The lowest BCUT2D eigenvalue weighted by Crippen LogP contribution is -2.64. The number of fused-ring (bicyclic) bond motifs is 2. The monoisotopic (exact) mass is 508 g/mol. The zero-order chi connectivity index (χ0) is 25.4. The van der Waals surface area contributed by atoms with Crippen LogP contribution in [-0.4, -0.2) is 70.1 Å². The summed E-state index contributed by atoms with van der Waals surface area (Å²) in [6, 6.07) is 10.5. The number of carbonyl (C=O) groups excluding carboxylic acids is 1. The van der Waals surface area contributed by atoms with E-state index in [0.29, 0.717) is 59.0 Å². The van der Waals surface area contributed by atoms with Gasteiger partial charge in [0.2, 0.25) is 5.91 Å². The van der Waals surface area contributed by atoms with Crippen molar-refractivity contribution in [3.63, 3.8) is 0 Å². The van der Waals surface area contributed by atoms with Crippen LogP contribution in [0.1, 0.15) is 16.8 Å². The molecule has 0 radical (unpaired) electrons. The standard InChI is InChI=1S/C25H25ClN6O4/c1-31-12-20-18(25(34)35)6-14(7-21(20)30-31)17-8-15(26)2-3-23(17)36-5-4-32-13-29-22-11-28-16(10-27)9-19(22)24(32)33/h2-3,6-8,12,16,19,22,28-29H,4-5,9,11,13H2,1H3,(H,34,35). The van der Waals surface area contributed by atoms with Crippen LogP contribution in [-0.2, 0) is 11.8 Å². The molecule has 3 heterocycles. The zero-order valence-corrected chi connectivity index (χ0v) is 20.3. The summed E-state index contributed by atoms with van der Waals surface area (Å²) in [5.41, 5.74) is 1.94. The van der Waals surface area contributed by atoms with E-state index in [-0.39, 0.29) is 36.1 Å². The van der Waals surface area contributed by atoms with Crippen molar-refractivity contribution in [3.05, 3.63) is 47.1 Å². The van der Waals surface area contributed by atoms with Gasteiger partial charge in [-0.1, -0.05) is 11.6 Å². The van der Waals surface area contributed by atoms with Crippen molar-refractivity contribution in [2.24, 2.45) is 13.0 Å². The number of amides is 1. The maximum absolute atomic E-state index is 13.0. The van der Waals surface area contributed by atoms with Crippen LogP contribution in [0.4, 0.5) is 0 Å². The van der Waals surface area contributed by atoms with E-state index in [4.69, 9.17) is 16.3 Å². The predicted molar refractivity (Wildman–Crippen MR) is 133 cm³/mol. The van der Waals surface area contributed by atoms with Gasteiger partial charge in [0, 0.05) is 41.8 Å². The molecule has 2 fully saturated rings. The van der Waals surface area contributed by atoms with Crippen molar-refractivity contribution in [1.29, 1.82) is 5.26 Å². The summed E-state index contributed by atoms with van der Waals surface area (Å²) >= 11 is 6.27. The molecule has 5 rings (SSSR count). The Bertz CT molecular complexity index is 1380. The minimum atomic E-state index is -1.05. The van der Waals surface area contributed by atoms with Gasteiger partial charge in [0.25, 0.3) is 0 Å². The van der Waals surface area contributed by atoms with E-state index in [9.17, 15) is 20.0 Å². The number of nitriles is 1. The smallest absolute Gasteiger partial charge is 0.336 e. The number of aromatic carboxylic acids is 1. The molecule has 1 amide bonds. The van der Waals surface area contributed by atoms with Gasteiger partial charge in [0.15, 0.2) is 0 Å². The quantitative estimate of drug-likeness (QED) is 0.461. The van der Waals surface area contributed by atoms with Gasteiger partial charge in [-0.3, -0.25) is 14.8 Å². The molecule has 3 unspecified atom stereocenters. The molecule has 2 aromatic carbocycles. The molecule has 36 heavy (non-hydrogen) atoms. The highest BCUT2D eigenvalue weighted by Gasteiger charge is 2.40. The normalized spacial score (nSPS) is 21.8. The Kier molecular flexibility index (Phi) is 6.53. The Morgan fingerprint density at radius 2 is 2.17 bits per heavy atom. The number of hydrogen-bond acceptors (Lipinski definition) is 7. The Balaban J connectivity index is 1.34. The minimum absolute atomic E-state index is 0.0204. The molecule has 11 heteroatoms. The second-order valence-electron chi connectivity index (χ2n) is 9.06. The molecule has 0 bridgehead atoms. The maximum Gasteiger partial charge on any atom is 0.336 e. The minimum Gasteiger partial charge on any atom is -0.491 e. The van der Waals surface area contributed by atoms with Gasteiger partial charge in [0.1, 0.15) is 12.4 Å². The van der Waals surface area contributed by atoms with Crippen molar-refractivity contribution in [1.82, 2.24) is 25.3 Å². The lowest BCUT2D eigenvalue weighted by Gasteiger charge is -2.42. The van der Waals surface area contributed by atoms with Crippen molar-refractivity contribution in [2.45, 2.75) is 18.5 Å². The number of aryl methyl sites for hydroxylation is 1. The van der Waals surface area contributed by atoms with Crippen LogP contribution in [0.2, 0.25) is 5.02 Å². The second-order valence-corrected chi connectivity index (χ2v) is 9.49. The highest BCUT2D eigenvalue weighted by Crippen LogP contribution is 2.35. The topological polar surface area (TPSA) is 133 Å². The third kappa shape index (κ3) is 4.60. The van der Waals surface area contributed by atoms with Gasteiger partial charge in [-0.05, 0) is 42.3 Å². The summed E-state index contributed by atoms with van der Waals surface area (Å²) in [4.78, 5) is 26.7. The third-order valence-corrected chi connectivity index (χ3v) is 6.97. The van der Waals surface area contributed by atoms with E-state index in [1.165, 1.54) is 0 Å². The van der Waals surface area contributed by atoms with Crippen molar-refractivity contribution < 1.29 is 19.4 Å². The van der Waals surface area contributed by atoms with E-state index in [1.54, 1.807) is 53.2 Å². The van der Waals surface area contributed by atoms with Crippen LogP contribution in [0, 0.1) is 17.2 Å². The largest absolute Gasteiger partial charge is 0.491 e. The first-order valence-corrected chi connectivity index (χ1v) is 12.0. The fraction of sp³-hybridized carbons (Fsp3) is 0.360. The number of nitrogens with zero attached hydrogens (tertiary/aromatic N) is 4. The summed E-state index contributed by atoms with van der Waals surface area (Å²) < 4.78 is 7.65. The number of carboxylic acid groups (broad SMARTS) is 1. The molecule has 1 aromatic heterocycles. The lowest BCUT2D eigenvalue weighted by atomic mass is 9.86. The average molecular weight is 509 g/mol. The van der Waals surface area contributed by atoms with E-state index in [2.05, 4.69) is 21.8 Å². The highest BCUT2D eigenvalue weighted by atomic mass is 35.5. The highest BCUT2D eigenvalue weighted by molar-refractivity contribution is 6.31. The Morgan fingerprint density at radius 3 is 2.94 bits per heavy atom. The van der Waals surface area contributed by atoms with Gasteiger partial charge in [-0.2, -0.15) is 10.4 Å². The summed E-state index contributed by atoms with van der Waals surface area (Å²) in [7, 11) is 1.74. The fourth-order valence-electron chi connectivity index (χ4n) is 4.92. The Labute approximate surface area is 212 Å². The van der Waals surface area contributed by atoms with Gasteiger partial charge in [-0.25, -0.2) is 4.79 Å². The Morgan fingerprint density at radius 1 is 1.33 bits per heavy atom. The molecular formula is C25H25ClN6O4. The number of aromatic nitrogens is 2. The number of piperidine rings is 1. The molecule has 3 aromatic rings. The molecule has 3 N–H and O–H groups in total. The van der Waals surface area contributed by atoms with Crippen LogP contribution in [0.5, 0.6) is 5.75 Å². The van der Waals surface area contributed by atoms with E-state index in [0.717, 1.165) is 0 Å². The fourth-order valence-corrected chi connectivity index (χ4v) is 5.09. The number of nitrogens with one attached hydrogen (secondary N) is 2. The molecule has 2 aliphatic heterocycles. The predicted octanol–water partition coefficient (Wildman–Crippen LogP) is 2.23. The van der Waals surface area contributed by atoms with Crippen molar-refractivity contribution in [3.8, 4) is 22.9 Å². The lowest BCUT2D eigenvalue weighted by molar-refractivity contribution is -0.142. The van der Waals surface area contributed by atoms with E-state index in [1.807, 2.05) is 0 Å². The molecule has 10 nitrogen and oxygen atoms in total. The van der Waals surface area contributed by atoms with E-state index < -0.39 is 5.97 Å². The number of carboxylic acids is 1. The molecule has 0 spiro atoms. The molecule has 186 valence electrons. The molecule has 2 saturated heterocycles. The molecule has 2 aliphatic rings. The number of hydrogen-bond donors (Lipinski definition) is 3. The van der Waals surface area contributed by atoms with Gasteiger partial charge in [-0.15, -0.1) is 0 Å². The van der Waals surface area contributed by atoms with Crippen LogP contribution in [0.25, 0.3) is 22.0 Å². The van der Waals surface area contributed by atoms with Crippen LogP contribution in [0.15, 0.2) is 36.5 Å². The summed E-state index contributed by atoms with van der Waals surface area (Å²) in [5.74, 6) is -0.750. The van der Waals surface area contributed by atoms with Crippen molar-refractivity contribution in [2.75, 3.05) is 26.4 Å². The second kappa shape index (κ2) is 9.78. The van der Waals surface area contributed by atoms with E-state index >= 15 is 0 Å². The van der Waals surface area contributed by atoms with Crippen LogP contribution < -0.4 is 15.4 Å². The summed E-state index contributed by atoms with van der Waals surface area (Å²) in [6.45, 7) is 1.60. The summed E-state index contributed by atoms with van der Waals surface area (Å²) in [6.07, 6.45) is 2.15. The SMILES string of the molecule is Cn1cc2c(C(=O)O)cc(-c3cc(Cl)ccc3OCCN3CNC4CNC(C#N)CC4C3=O)cc2n1. The van der Waals surface area contributed by atoms with Crippen LogP contribution in [0.3, 0.4) is 0 Å². The number of carbonyl (C=O) groups is 2. The number of rotatable bonds is 6.